The van der Waals surface area contributed by atoms with Crippen molar-refractivity contribution in [3.05, 3.63) is 89.5 Å². The lowest BCUT2D eigenvalue weighted by atomic mass is 10.1. The molecule has 0 saturated heterocycles. The fourth-order valence-electron chi connectivity index (χ4n) is 2.29. The summed E-state index contributed by atoms with van der Waals surface area (Å²) in [7, 11) is 1.66. The molecule has 25 heavy (non-hydrogen) atoms. The van der Waals surface area contributed by atoms with E-state index in [1.54, 1.807) is 25.5 Å². The number of ether oxygens (including phenoxy) is 1. The Labute approximate surface area is 147 Å². The number of hydrogen-bond donors (Lipinski definition) is 1. The molecule has 124 valence electrons. The third-order valence-electron chi connectivity index (χ3n) is 3.73. The Kier molecular flexibility index (Phi) is 5.27. The van der Waals surface area contributed by atoms with Crippen LogP contribution in [0.2, 0.25) is 0 Å². The normalized spacial score (nSPS) is 11.2. The molecule has 3 nitrogen and oxygen atoms in total. The maximum Gasteiger partial charge on any atom is 0.118 e. The number of phenolic OH excluding ortho intramolecular Hbond substituents is 1. The first-order valence-corrected chi connectivity index (χ1v) is 7.98. The zero-order chi connectivity index (χ0) is 17.5. The number of rotatable bonds is 5. The first kappa shape index (κ1) is 16.5. The number of benzene rings is 3. The molecule has 3 heteroatoms. The van der Waals surface area contributed by atoms with E-state index in [1.165, 1.54) is 0 Å². The molecule has 0 aliphatic carbocycles. The van der Waals surface area contributed by atoms with Crippen LogP contribution in [-0.4, -0.2) is 18.4 Å². The van der Waals surface area contributed by atoms with Gasteiger partial charge in [0.1, 0.15) is 11.5 Å². The van der Waals surface area contributed by atoms with Gasteiger partial charge in [0.25, 0.3) is 0 Å². The van der Waals surface area contributed by atoms with E-state index in [0.717, 1.165) is 28.1 Å². The molecule has 0 aliphatic rings. The minimum atomic E-state index is 0.255. The summed E-state index contributed by atoms with van der Waals surface area (Å²) in [5.74, 6) is 1.11. The fraction of sp³-hybridized carbons (Fsp3) is 0.0455. The lowest BCUT2D eigenvalue weighted by molar-refractivity contribution is 0.415. The van der Waals surface area contributed by atoms with Crippen molar-refractivity contribution in [3.8, 4) is 11.5 Å². The Morgan fingerprint density at radius 3 is 1.80 bits per heavy atom. The Hall–Kier alpha value is -3.33. The number of aliphatic imine (C=N–C) groups is 1. The molecule has 1 N–H and O–H groups in total. The Morgan fingerprint density at radius 2 is 1.24 bits per heavy atom. The molecule has 0 heterocycles. The van der Waals surface area contributed by atoms with Crippen LogP contribution in [0.15, 0.2) is 77.8 Å². The second kappa shape index (κ2) is 7.97. The van der Waals surface area contributed by atoms with Gasteiger partial charge in [-0.15, -0.1) is 0 Å². The average Bonchev–Trinajstić information content (AvgIpc) is 2.67. The van der Waals surface area contributed by atoms with Crippen LogP contribution in [0.1, 0.15) is 16.7 Å². The minimum absolute atomic E-state index is 0.255. The van der Waals surface area contributed by atoms with E-state index >= 15 is 0 Å². The summed E-state index contributed by atoms with van der Waals surface area (Å²) >= 11 is 0. The van der Waals surface area contributed by atoms with Gasteiger partial charge in [-0.3, -0.25) is 4.99 Å². The predicted molar refractivity (Wildman–Crippen MR) is 104 cm³/mol. The van der Waals surface area contributed by atoms with E-state index in [-0.39, 0.29) is 5.75 Å². The molecule has 0 atom stereocenters. The average molecular weight is 329 g/mol. The number of aromatic hydroxyl groups is 1. The smallest absolute Gasteiger partial charge is 0.118 e. The van der Waals surface area contributed by atoms with Gasteiger partial charge in [-0.05, 0) is 65.2 Å². The molecule has 0 fully saturated rings. The van der Waals surface area contributed by atoms with Gasteiger partial charge in [-0.2, -0.15) is 0 Å². The third-order valence-corrected chi connectivity index (χ3v) is 3.73. The highest BCUT2D eigenvalue weighted by atomic mass is 16.5. The van der Waals surface area contributed by atoms with E-state index in [1.807, 2.05) is 60.7 Å². The summed E-state index contributed by atoms with van der Waals surface area (Å²) in [6.45, 7) is 0. The van der Waals surface area contributed by atoms with Crippen LogP contribution >= 0.6 is 0 Å². The summed E-state index contributed by atoms with van der Waals surface area (Å²) in [6.07, 6.45) is 5.91. The second-order valence-corrected chi connectivity index (χ2v) is 5.55. The van der Waals surface area contributed by atoms with E-state index in [2.05, 4.69) is 17.1 Å². The molecular weight excluding hydrogens is 310 g/mol. The van der Waals surface area contributed by atoms with E-state index < -0.39 is 0 Å². The number of phenols is 1. The topological polar surface area (TPSA) is 41.8 Å². The lowest BCUT2D eigenvalue weighted by Gasteiger charge is -1.99. The maximum atomic E-state index is 9.27. The molecule has 3 aromatic rings. The van der Waals surface area contributed by atoms with Crippen molar-refractivity contribution < 1.29 is 9.84 Å². The van der Waals surface area contributed by atoms with Crippen LogP contribution in [0.25, 0.3) is 12.2 Å². The van der Waals surface area contributed by atoms with E-state index in [4.69, 9.17) is 4.74 Å². The zero-order valence-electron chi connectivity index (χ0n) is 14.0. The Bertz CT molecular complexity index is 861. The standard InChI is InChI=1S/C22H19NO2/c1-25-22-14-8-18(9-15-22)3-2-17-4-10-20(11-5-17)23-16-19-6-12-21(24)13-7-19/h2-16,24H,1H3/b3-2+,23-16?. The van der Waals surface area contributed by atoms with Crippen LogP contribution in [0.5, 0.6) is 11.5 Å². The first-order chi connectivity index (χ1) is 12.2. The zero-order valence-corrected chi connectivity index (χ0v) is 14.0. The largest absolute Gasteiger partial charge is 0.508 e. The highest BCUT2D eigenvalue weighted by molar-refractivity contribution is 5.82. The van der Waals surface area contributed by atoms with E-state index in [9.17, 15) is 5.11 Å². The van der Waals surface area contributed by atoms with Gasteiger partial charge >= 0.3 is 0 Å². The number of methoxy groups -OCH3 is 1. The second-order valence-electron chi connectivity index (χ2n) is 5.55. The summed E-state index contributed by atoms with van der Waals surface area (Å²) in [4.78, 5) is 4.44. The van der Waals surface area contributed by atoms with Crippen molar-refractivity contribution in [2.75, 3.05) is 7.11 Å². The monoisotopic (exact) mass is 329 g/mol. The van der Waals surface area contributed by atoms with Crippen LogP contribution in [0.3, 0.4) is 0 Å². The SMILES string of the molecule is COc1ccc(/C=C/c2ccc(N=Cc3ccc(O)cc3)cc2)cc1. The molecule has 3 rings (SSSR count). The van der Waals surface area contributed by atoms with Crippen molar-refractivity contribution in [2.24, 2.45) is 4.99 Å². The fourth-order valence-corrected chi connectivity index (χ4v) is 2.29. The highest BCUT2D eigenvalue weighted by Gasteiger charge is 1.93. The summed E-state index contributed by atoms with van der Waals surface area (Å²) in [5, 5.41) is 9.27. The van der Waals surface area contributed by atoms with Crippen molar-refractivity contribution >= 4 is 24.1 Å². The van der Waals surface area contributed by atoms with Crippen LogP contribution in [0, 0.1) is 0 Å². The molecule has 0 radical (unpaired) electrons. The van der Waals surface area contributed by atoms with Gasteiger partial charge in [0.15, 0.2) is 0 Å². The third kappa shape index (κ3) is 4.82. The van der Waals surface area contributed by atoms with Crippen molar-refractivity contribution in [1.29, 1.82) is 0 Å². The molecule has 0 aromatic heterocycles. The number of nitrogens with zero attached hydrogens (tertiary/aromatic N) is 1. The molecule has 0 spiro atoms. The van der Waals surface area contributed by atoms with Crippen molar-refractivity contribution in [1.82, 2.24) is 0 Å². The van der Waals surface area contributed by atoms with Crippen LogP contribution in [-0.2, 0) is 0 Å². The van der Waals surface area contributed by atoms with Gasteiger partial charge in [0.2, 0.25) is 0 Å². The van der Waals surface area contributed by atoms with Crippen molar-refractivity contribution in [2.45, 2.75) is 0 Å². The first-order valence-electron chi connectivity index (χ1n) is 7.98. The van der Waals surface area contributed by atoms with Gasteiger partial charge in [-0.1, -0.05) is 36.4 Å². The highest BCUT2D eigenvalue weighted by Crippen LogP contribution is 2.17. The minimum Gasteiger partial charge on any atom is -0.508 e. The molecule has 0 aliphatic heterocycles. The number of hydrogen-bond acceptors (Lipinski definition) is 3. The van der Waals surface area contributed by atoms with Gasteiger partial charge in [0, 0.05) is 6.21 Å². The molecule has 0 saturated carbocycles. The van der Waals surface area contributed by atoms with Gasteiger partial charge < -0.3 is 9.84 Å². The molecule has 0 unspecified atom stereocenters. The van der Waals surface area contributed by atoms with E-state index in [0.29, 0.717) is 0 Å². The van der Waals surface area contributed by atoms with Crippen LogP contribution < -0.4 is 4.74 Å². The summed E-state index contributed by atoms with van der Waals surface area (Å²) in [5.41, 5.74) is 4.06. The maximum absolute atomic E-state index is 9.27. The summed E-state index contributed by atoms with van der Waals surface area (Å²) < 4.78 is 5.16. The molecule has 0 amide bonds. The molecule has 0 bridgehead atoms. The van der Waals surface area contributed by atoms with Gasteiger partial charge in [-0.25, -0.2) is 0 Å². The lowest BCUT2D eigenvalue weighted by Crippen LogP contribution is -1.81. The Balaban J connectivity index is 1.65. The Morgan fingerprint density at radius 1 is 0.720 bits per heavy atom. The quantitative estimate of drug-likeness (QED) is 0.508. The molecular formula is C22H19NO2. The molecule has 3 aromatic carbocycles. The van der Waals surface area contributed by atoms with Gasteiger partial charge in [0.05, 0.1) is 12.8 Å². The summed E-state index contributed by atoms with van der Waals surface area (Å²) in [6, 6.07) is 22.9. The predicted octanol–water partition coefficient (Wildman–Crippen LogP) is 5.32. The van der Waals surface area contributed by atoms with Crippen LogP contribution in [0.4, 0.5) is 5.69 Å². The van der Waals surface area contributed by atoms with Crippen molar-refractivity contribution in [3.63, 3.8) is 0 Å².